The van der Waals surface area contributed by atoms with E-state index in [1.54, 1.807) is 44.2 Å². The molecule has 0 aliphatic carbocycles. The molecule has 0 spiro atoms. The summed E-state index contributed by atoms with van der Waals surface area (Å²) in [6.07, 6.45) is 0.680. The van der Waals surface area contributed by atoms with E-state index in [0.29, 0.717) is 12.0 Å². The topological polar surface area (TPSA) is 95.5 Å². The molecule has 0 radical (unpaired) electrons. The van der Waals surface area contributed by atoms with Crippen molar-refractivity contribution in [2.45, 2.75) is 45.0 Å². The summed E-state index contributed by atoms with van der Waals surface area (Å²) in [5, 5.41) is 12.6. The van der Waals surface area contributed by atoms with Gasteiger partial charge in [-0.15, -0.1) is 0 Å². The first-order valence-corrected chi connectivity index (χ1v) is 10.5. The molecule has 0 saturated heterocycles. The molecule has 146 valence electrons. The number of carbonyl (C=O) groups is 1. The zero-order chi connectivity index (χ0) is 19.9. The van der Waals surface area contributed by atoms with Gasteiger partial charge < -0.3 is 10.4 Å². The summed E-state index contributed by atoms with van der Waals surface area (Å²) in [6.45, 7) is 3.80. The van der Waals surface area contributed by atoms with Crippen LogP contribution in [0.2, 0.25) is 0 Å². The number of carbonyl (C=O) groups excluding carboxylic acids is 1. The van der Waals surface area contributed by atoms with Crippen molar-refractivity contribution in [3.05, 3.63) is 65.2 Å². The quantitative estimate of drug-likeness (QED) is 0.613. The second kappa shape index (κ2) is 9.53. The normalized spacial score (nSPS) is 11.5. The Morgan fingerprint density at radius 2 is 1.59 bits per heavy atom. The summed E-state index contributed by atoms with van der Waals surface area (Å²) >= 11 is 0. The summed E-state index contributed by atoms with van der Waals surface area (Å²) in [4.78, 5) is 12.1. The maximum atomic E-state index is 12.2. The molecule has 0 bridgehead atoms. The van der Waals surface area contributed by atoms with Crippen molar-refractivity contribution in [1.82, 2.24) is 10.0 Å². The Balaban J connectivity index is 1.94. The summed E-state index contributed by atoms with van der Waals surface area (Å²) < 4.78 is 26.9. The number of aryl methyl sites for hydroxylation is 1. The van der Waals surface area contributed by atoms with Crippen molar-refractivity contribution in [2.24, 2.45) is 0 Å². The fraction of sp³-hybridized carbons (Fsp3) is 0.350. The highest BCUT2D eigenvalue weighted by atomic mass is 32.2. The number of benzene rings is 2. The number of nitrogens with one attached hydrogen (secondary N) is 2. The third-order valence-corrected chi connectivity index (χ3v) is 5.49. The largest absolute Gasteiger partial charge is 0.508 e. The average molecular weight is 391 g/mol. The second-order valence-corrected chi connectivity index (χ2v) is 8.46. The molecule has 7 heteroatoms. The van der Waals surface area contributed by atoms with Crippen LogP contribution in [-0.4, -0.2) is 25.5 Å². The highest BCUT2D eigenvalue weighted by molar-refractivity contribution is 7.88. The summed E-state index contributed by atoms with van der Waals surface area (Å²) in [6, 6.07) is 13.9. The highest BCUT2D eigenvalue weighted by Crippen LogP contribution is 2.17. The minimum atomic E-state index is -3.44. The Hall–Kier alpha value is -2.38. The molecule has 0 fully saturated rings. The smallest absolute Gasteiger partial charge is 0.220 e. The molecule has 1 amide bonds. The Morgan fingerprint density at radius 3 is 2.22 bits per heavy atom. The van der Waals surface area contributed by atoms with Gasteiger partial charge in [-0.1, -0.05) is 42.5 Å². The van der Waals surface area contributed by atoms with Crippen LogP contribution in [0.25, 0.3) is 0 Å². The molecule has 0 aliphatic rings. The fourth-order valence-corrected chi connectivity index (χ4v) is 4.22. The molecule has 0 unspecified atom stereocenters. The third-order valence-electron chi connectivity index (χ3n) is 3.97. The Morgan fingerprint density at radius 1 is 1.00 bits per heavy atom. The van der Waals surface area contributed by atoms with Gasteiger partial charge in [0.25, 0.3) is 0 Å². The van der Waals surface area contributed by atoms with Gasteiger partial charge in [-0.2, -0.15) is 0 Å². The number of hydrogen-bond acceptors (Lipinski definition) is 4. The van der Waals surface area contributed by atoms with Crippen LogP contribution in [0.4, 0.5) is 0 Å². The molecule has 0 aliphatic heterocycles. The number of aromatic hydroxyl groups is 1. The average Bonchev–Trinajstić information content (AvgIpc) is 2.59. The number of para-hydroxylation sites is 1. The number of phenolic OH excluding ortho intramolecular Hbond substituents is 1. The lowest BCUT2D eigenvalue weighted by Crippen LogP contribution is -2.32. The fourth-order valence-electron chi connectivity index (χ4n) is 2.73. The van der Waals surface area contributed by atoms with E-state index in [4.69, 9.17) is 0 Å². The molecule has 0 aromatic heterocycles. The van der Waals surface area contributed by atoms with Crippen molar-refractivity contribution in [2.75, 3.05) is 0 Å². The van der Waals surface area contributed by atoms with Crippen LogP contribution in [0, 0.1) is 0 Å². The van der Waals surface area contributed by atoms with Crippen LogP contribution in [0.1, 0.15) is 37.0 Å². The minimum absolute atomic E-state index is 0.130. The summed E-state index contributed by atoms with van der Waals surface area (Å²) in [7, 11) is -3.44. The van der Waals surface area contributed by atoms with Gasteiger partial charge in [0, 0.05) is 19.0 Å². The van der Waals surface area contributed by atoms with Gasteiger partial charge in [-0.25, -0.2) is 13.1 Å². The minimum Gasteiger partial charge on any atom is -0.508 e. The number of rotatable bonds is 9. The van der Waals surface area contributed by atoms with Gasteiger partial charge in [-0.05, 0) is 43.0 Å². The number of sulfonamides is 1. The molecule has 3 N–H and O–H groups in total. The zero-order valence-electron chi connectivity index (χ0n) is 15.6. The van der Waals surface area contributed by atoms with Crippen LogP contribution in [-0.2, 0) is 33.5 Å². The van der Waals surface area contributed by atoms with E-state index in [2.05, 4.69) is 10.0 Å². The van der Waals surface area contributed by atoms with E-state index < -0.39 is 10.0 Å². The predicted molar refractivity (Wildman–Crippen MR) is 106 cm³/mol. The van der Waals surface area contributed by atoms with Crippen LogP contribution < -0.4 is 10.0 Å². The standard InChI is InChI=1S/C20H26N2O4S/c1-15(2)22-27(25,26)14-18-9-4-3-8-17(18)13-21-20(24)12-11-16-7-5-6-10-19(16)23/h3-10,15,22-23H,11-14H2,1-2H3,(H,21,24). The summed E-state index contributed by atoms with van der Waals surface area (Å²) in [5.41, 5.74) is 2.15. The molecular weight excluding hydrogens is 364 g/mol. The van der Waals surface area contributed by atoms with Gasteiger partial charge in [0.05, 0.1) is 5.75 Å². The number of hydrogen-bond donors (Lipinski definition) is 3. The lowest BCUT2D eigenvalue weighted by atomic mass is 10.1. The number of amides is 1. The predicted octanol–water partition coefficient (Wildman–Crippen LogP) is 2.47. The van der Waals surface area contributed by atoms with E-state index >= 15 is 0 Å². The van der Waals surface area contributed by atoms with Gasteiger partial charge in [0.1, 0.15) is 5.75 Å². The molecule has 27 heavy (non-hydrogen) atoms. The van der Waals surface area contributed by atoms with Gasteiger partial charge in [0.15, 0.2) is 0 Å². The monoisotopic (exact) mass is 390 g/mol. The van der Waals surface area contributed by atoms with Crippen LogP contribution >= 0.6 is 0 Å². The first-order chi connectivity index (χ1) is 12.8. The molecule has 2 aromatic carbocycles. The van der Waals surface area contributed by atoms with Gasteiger partial charge >= 0.3 is 0 Å². The zero-order valence-corrected chi connectivity index (χ0v) is 16.4. The molecule has 0 saturated carbocycles. The van der Waals surface area contributed by atoms with Crippen molar-refractivity contribution < 1.29 is 18.3 Å². The molecule has 2 aromatic rings. The van der Waals surface area contributed by atoms with Crippen LogP contribution in [0.3, 0.4) is 0 Å². The Labute approximate surface area is 160 Å². The van der Waals surface area contributed by atoms with E-state index in [-0.39, 0.29) is 36.4 Å². The SMILES string of the molecule is CC(C)NS(=O)(=O)Cc1ccccc1CNC(=O)CCc1ccccc1O. The number of phenols is 1. The van der Waals surface area contributed by atoms with Crippen molar-refractivity contribution in [3.63, 3.8) is 0 Å². The maximum absolute atomic E-state index is 12.2. The van der Waals surface area contributed by atoms with Crippen LogP contribution in [0.15, 0.2) is 48.5 Å². The summed E-state index contributed by atoms with van der Waals surface area (Å²) in [5.74, 6) is -0.107. The first kappa shape index (κ1) is 20.9. The first-order valence-electron chi connectivity index (χ1n) is 8.87. The second-order valence-electron chi connectivity index (χ2n) is 6.71. The van der Waals surface area contributed by atoms with Crippen LogP contribution in [0.5, 0.6) is 5.75 Å². The molecular formula is C20H26N2O4S. The molecule has 6 nitrogen and oxygen atoms in total. The lowest BCUT2D eigenvalue weighted by molar-refractivity contribution is -0.121. The highest BCUT2D eigenvalue weighted by Gasteiger charge is 2.15. The van der Waals surface area contributed by atoms with E-state index in [1.807, 2.05) is 18.2 Å². The molecule has 0 heterocycles. The molecule has 0 atom stereocenters. The maximum Gasteiger partial charge on any atom is 0.220 e. The van der Waals surface area contributed by atoms with Crippen molar-refractivity contribution in [3.8, 4) is 5.75 Å². The van der Waals surface area contributed by atoms with Gasteiger partial charge in [0.2, 0.25) is 15.9 Å². The van der Waals surface area contributed by atoms with E-state index in [9.17, 15) is 18.3 Å². The Kier molecular flexibility index (Phi) is 7.38. The van der Waals surface area contributed by atoms with Crippen molar-refractivity contribution in [1.29, 1.82) is 0 Å². The molecule has 2 rings (SSSR count). The van der Waals surface area contributed by atoms with Crippen molar-refractivity contribution >= 4 is 15.9 Å². The lowest BCUT2D eigenvalue weighted by Gasteiger charge is -2.13. The van der Waals surface area contributed by atoms with E-state index in [1.165, 1.54) is 0 Å². The third kappa shape index (κ3) is 7.03. The van der Waals surface area contributed by atoms with Gasteiger partial charge in [-0.3, -0.25) is 4.79 Å². The van der Waals surface area contributed by atoms with E-state index in [0.717, 1.165) is 11.1 Å². The Bertz CT molecular complexity index is 879.